The van der Waals surface area contributed by atoms with E-state index in [2.05, 4.69) is 20.9 Å². The molecule has 2 rings (SSSR count). The lowest BCUT2D eigenvalue weighted by Gasteiger charge is -1.94. The third-order valence-electron chi connectivity index (χ3n) is 1.68. The zero-order valence-corrected chi connectivity index (χ0v) is 8.72. The first kappa shape index (κ1) is 8.08. The lowest BCUT2D eigenvalue weighted by atomic mass is 10.5. The van der Waals surface area contributed by atoms with E-state index in [1.807, 2.05) is 29.7 Å². The van der Waals surface area contributed by atoms with Gasteiger partial charge in [-0.2, -0.15) is 0 Å². The molecule has 0 atom stereocenters. The maximum Gasteiger partial charge on any atom is 0.137 e. The van der Waals surface area contributed by atoms with Gasteiger partial charge in [-0.05, 0) is 35.0 Å². The van der Waals surface area contributed by atoms with Crippen molar-refractivity contribution < 1.29 is 0 Å². The highest BCUT2D eigenvalue weighted by Gasteiger charge is 2.04. The summed E-state index contributed by atoms with van der Waals surface area (Å²) in [5.41, 5.74) is 1.88. The molecule has 4 heteroatoms. The molecular formula is C8H6BrClN2. The van der Waals surface area contributed by atoms with Crippen LogP contribution in [0.15, 0.2) is 22.9 Å². The van der Waals surface area contributed by atoms with Crippen molar-refractivity contribution in [1.29, 1.82) is 0 Å². The molecule has 0 N–H and O–H groups in total. The van der Waals surface area contributed by atoms with Crippen molar-refractivity contribution in [3.8, 4) is 0 Å². The zero-order chi connectivity index (χ0) is 8.72. The van der Waals surface area contributed by atoms with Crippen molar-refractivity contribution in [2.24, 2.45) is 0 Å². The molecule has 12 heavy (non-hydrogen) atoms. The Labute approximate surface area is 83.3 Å². The number of pyridine rings is 1. The van der Waals surface area contributed by atoms with Crippen LogP contribution in [0.1, 0.15) is 5.69 Å². The average Bonchev–Trinajstić information content (AvgIpc) is 2.31. The van der Waals surface area contributed by atoms with Gasteiger partial charge < -0.3 is 0 Å². The highest BCUT2D eigenvalue weighted by atomic mass is 79.9. The van der Waals surface area contributed by atoms with Crippen molar-refractivity contribution in [2.75, 3.05) is 0 Å². The molecule has 0 aliphatic rings. The van der Waals surface area contributed by atoms with Gasteiger partial charge in [-0.15, -0.1) is 0 Å². The van der Waals surface area contributed by atoms with E-state index in [-0.39, 0.29) is 0 Å². The predicted molar refractivity (Wildman–Crippen MR) is 52.6 cm³/mol. The molecule has 0 saturated heterocycles. The van der Waals surface area contributed by atoms with E-state index in [0.717, 1.165) is 15.9 Å². The topological polar surface area (TPSA) is 17.3 Å². The van der Waals surface area contributed by atoms with Crippen molar-refractivity contribution in [1.82, 2.24) is 9.38 Å². The van der Waals surface area contributed by atoms with Gasteiger partial charge in [-0.1, -0.05) is 11.6 Å². The minimum atomic E-state index is 0.709. The fourth-order valence-electron chi connectivity index (χ4n) is 1.11. The summed E-state index contributed by atoms with van der Waals surface area (Å²) in [7, 11) is 0. The van der Waals surface area contributed by atoms with E-state index >= 15 is 0 Å². The second-order valence-corrected chi connectivity index (χ2v) is 3.75. The summed E-state index contributed by atoms with van der Waals surface area (Å²) in [5.74, 6) is 0. The van der Waals surface area contributed by atoms with Gasteiger partial charge in [-0.25, -0.2) is 4.98 Å². The summed E-state index contributed by atoms with van der Waals surface area (Å²) < 4.78 is 2.87. The second-order valence-electron chi connectivity index (χ2n) is 2.56. The molecule has 2 aromatic heterocycles. The number of hydrogen-bond donors (Lipinski definition) is 0. The van der Waals surface area contributed by atoms with Crippen molar-refractivity contribution in [2.45, 2.75) is 6.92 Å². The van der Waals surface area contributed by atoms with Crippen LogP contribution in [0.2, 0.25) is 5.02 Å². The minimum Gasteiger partial charge on any atom is -0.292 e. The normalized spacial score (nSPS) is 10.9. The van der Waals surface area contributed by atoms with Crippen molar-refractivity contribution in [3.63, 3.8) is 0 Å². The highest BCUT2D eigenvalue weighted by molar-refractivity contribution is 9.10. The van der Waals surface area contributed by atoms with Crippen LogP contribution in [-0.4, -0.2) is 9.38 Å². The standard InChI is InChI=1S/C8H6BrClN2/c1-5-8(9)12-4-6(10)2-3-7(12)11-5/h2-4H,1H3. The van der Waals surface area contributed by atoms with Gasteiger partial charge in [0, 0.05) is 6.20 Å². The summed E-state index contributed by atoms with van der Waals surface area (Å²) in [5, 5.41) is 0.709. The Balaban J connectivity index is 2.88. The van der Waals surface area contributed by atoms with Crippen LogP contribution in [0, 0.1) is 6.92 Å². The molecule has 62 valence electrons. The number of aromatic nitrogens is 2. The molecule has 0 spiro atoms. The van der Waals surface area contributed by atoms with E-state index < -0.39 is 0 Å². The molecule has 0 fully saturated rings. The van der Waals surface area contributed by atoms with Gasteiger partial charge in [0.1, 0.15) is 10.3 Å². The summed E-state index contributed by atoms with van der Waals surface area (Å²) in [6.07, 6.45) is 1.83. The SMILES string of the molecule is Cc1nc2ccc(Cl)cn2c1Br. The van der Waals surface area contributed by atoms with Gasteiger partial charge in [0.25, 0.3) is 0 Å². The number of fused-ring (bicyclic) bond motifs is 1. The number of imidazole rings is 1. The summed E-state index contributed by atoms with van der Waals surface area (Å²) in [6, 6.07) is 3.72. The smallest absolute Gasteiger partial charge is 0.137 e. The van der Waals surface area contributed by atoms with Gasteiger partial charge in [0.2, 0.25) is 0 Å². The van der Waals surface area contributed by atoms with Crippen molar-refractivity contribution >= 4 is 33.2 Å². The first-order chi connectivity index (χ1) is 5.68. The molecule has 0 aliphatic heterocycles. The number of nitrogens with zero attached hydrogens (tertiary/aromatic N) is 2. The Bertz CT molecular complexity index is 436. The number of halogens is 2. The van der Waals surface area contributed by atoms with Crippen LogP contribution < -0.4 is 0 Å². The molecule has 2 aromatic rings. The molecule has 0 radical (unpaired) electrons. The number of rotatable bonds is 0. The number of hydrogen-bond acceptors (Lipinski definition) is 1. The quantitative estimate of drug-likeness (QED) is 0.697. The molecule has 0 bridgehead atoms. The largest absolute Gasteiger partial charge is 0.292 e. The Hall–Kier alpha value is -0.540. The van der Waals surface area contributed by atoms with Gasteiger partial charge in [0.15, 0.2) is 0 Å². The van der Waals surface area contributed by atoms with E-state index in [4.69, 9.17) is 11.6 Å². The van der Waals surface area contributed by atoms with E-state index in [0.29, 0.717) is 5.02 Å². The Morgan fingerprint density at radius 3 is 3.00 bits per heavy atom. The average molecular weight is 246 g/mol. The third-order valence-corrected chi connectivity index (χ3v) is 2.86. The first-order valence-electron chi connectivity index (χ1n) is 3.48. The van der Waals surface area contributed by atoms with Crippen LogP contribution in [0.4, 0.5) is 0 Å². The van der Waals surface area contributed by atoms with Crippen molar-refractivity contribution in [3.05, 3.63) is 33.6 Å². The maximum atomic E-state index is 5.83. The van der Waals surface area contributed by atoms with Crippen LogP contribution in [0.25, 0.3) is 5.65 Å². The fourth-order valence-corrected chi connectivity index (χ4v) is 1.64. The molecule has 2 heterocycles. The highest BCUT2D eigenvalue weighted by Crippen LogP contribution is 2.20. The molecule has 0 aromatic carbocycles. The Kier molecular flexibility index (Phi) is 1.85. The molecule has 0 aliphatic carbocycles. The maximum absolute atomic E-state index is 5.83. The molecular weight excluding hydrogens is 239 g/mol. The van der Waals surface area contributed by atoms with Gasteiger partial charge in [0.05, 0.1) is 10.7 Å². The zero-order valence-electron chi connectivity index (χ0n) is 6.38. The summed E-state index contributed by atoms with van der Waals surface area (Å²) in [4.78, 5) is 4.31. The van der Waals surface area contributed by atoms with Crippen LogP contribution in [0.3, 0.4) is 0 Å². The lowest BCUT2D eigenvalue weighted by molar-refractivity contribution is 1.15. The molecule has 0 saturated carbocycles. The summed E-state index contributed by atoms with van der Waals surface area (Å²) in [6.45, 7) is 1.95. The minimum absolute atomic E-state index is 0.709. The molecule has 2 nitrogen and oxygen atoms in total. The van der Waals surface area contributed by atoms with E-state index in [9.17, 15) is 0 Å². The Morgan fingerprint density at radius 1 is 1.50 bits per heavy atom. The second kappa shape index (κ2) is 2.75. The summed E-state index contributed by atoms with van der Waals surface area (Å²) >= 11 is 9.26. The molecule has 0 amide bonds. The lowest BCUT2D eigenvalue weighted by Crippen LogP contribution is -1.82. The molecule has 0 unspecified atom stereocenters. The Morgan fingerprint density at radius 2 is 2.25 bits per heavy atom. The van der Waals surface area contributed by atoms with E-state index in [1.54, 1.807) is 0 Å². The first-order valence-corrected chi connectivity index (χ1v) is 4.65. The third kappa shape index (κ3) is 1.13. The predicted octanol–water partition coefficient (Wildman–Crippen LogP) is 3.06. The number of aryl methyl sites for hydroxylation is 1. The van der Waals surface area contributed by atoms with Gasteiger partial charge in [-0.3, -0.25) is 4.40 Å². The van der Waals surface area contributed by atoms with Crippen LogP contribution in [-0.2, 0) is 0 Å². The van der Waals surface area contributed by atoms with Gasteiger partial charge >= 0.3 is 0 Å². The fraction of sp³-hybridized carbons (Fsp3) is 0.125. The monoisotopic (exact) mass is 244 g/mol. The van der Waals surface area contributed by atoms with Crippen LogP contribution in [0.5, 0.6) is 0 Å². The van der Waals surface area contributed by atoms with Crippen LogP contribution >= 0.6 is 27.5 Å². The van der Waals surface area contributed by atoms with E-state index in [1.165, 1.54) is 0 Å².